The SMILES string of the molecule is CC[C@H](C)[C@H](NC(=O)C1CCCCN1C)C(=O)N1CO[C@@H](c2nc(C(=O)OC)cs2)C[C@@H]1C(C)C. The molecule has 0 saturated carbocycles. The Hall–Kier alpha value is -2.04. The maximum Gasteiger partial charge on any atom is 0.357 e. The maximum absolute atomic E-state index is 13.8. The minimum Gasteiger partial charge on any atom is -0.464 e. The second-order valence-corrected chi connectivity index (χ2v) is 11.0. The molecule has 1 aromatic heterocycles. The largest absolute Gasteiger partial charge is 0.464 e. The molecule has 9 nitrogen and oxygen atoms in total. The summed E-state index contributed by atoms with van der Waals surface area (Å²) in [5.74, 6) is -0.467. The van der Waals surface area contributed by atoms with E-state index in [1.165, 1.54) is 18.4 Å². The highest BCUT2D eigenvalue weighted by atomic mass is 32.1. The van der Waals surface area contributed by atoms with E-state index in [-0.39, 0.29) is 54.3 Å². The van der Waals surface area contributed by atoms with Crippen LogP contribution in [0.5, 0.6) is 0 Å². The number of esters is 1. The second-order valence-electron chi connectivity index (χ2n) is 10.1. The summed E-state index contributed by atoms with van der Waals surface area (Å²) in [6.07, 6.45) is 3.98. The van der Waals surface area contributed by atoms with E-state index in [4.69, 9.17) is 9.47 Å². The number of nitrogens with one attached hydrogen (secondary N) is 1. The van der Waals surface area contributed by atoms with Crippen LogP contribution < -0.4 is 5.32 Å². The lowest BCUT2D eigenvalue weighted by Crippen LogP contribution is -2.60. The number of thiazole rings is 1. The second kappa shape index (κ2) is 12.3. The van der Waals surface area contributed by atoms with Crippen LogP contribution >= 0.6 is 11.3 Å². The number of rotatable bonds is 8. The number of hydrogen-bond acceptors (Lipinski definition) is 8. The monoisotopic (exact) mass is 508 g/mol. The fourth-order valence-corrected chi connectivity index (χ4v) is 5.71. The smallest absolute Gasteiger partial charge is 0.357 e. The van der Waals surface area contributed by atoms with Crippen LogP contribution in [0.4, 0.5) is 0 Å². The summed E-state index contributed by atoms with van der Waals surface area (Å²) < 4.78 is 10.8. The minimum absolute atomic E-state index is 0.00698. The Kier molecular flexibility index (Phi) is 9.66. The van der Waals surface area contributed by atoms with Crippen molar-refractivity contribution in [1.82, 2.24) is 20.1 Å². The number of amides is 2. The first-order valence-corrected chi connectivity index (χ1v) is 13.5. The van der Waals surface area contributed by atoms with Gasteiger partial charge in [-0.25, -0.2) is 9.78 Å². The molecule has 1 aromatic rings. The number of carbonyl (C=O) groups excluding carboxylic acids is 3. The zero-order chi connectivity index (χ0) is 25.7. The number of aromatic nitrogens is 1. The van der Waals surface area contributed by atoms with Crippen molar-refractivity contribution in [3.05, 3.63) is 16.1 Å². The van der Waals surface area contributed by atoms with Crippen molar-refractivity contribution in [2.75, 3.05) is 27.4 Å². The van der Waals surface area contributed by atoms with Gasteiger partial charge in [0.15, 0.2) is 5.69 Å². The lowest BCUT2D eigenvalue weighted by atomic mass is 9.91. The third-order valence-electron chi connectivity index (χ3n) is 7.37. The number of piperidine rings is 1. The summed E-state index contributed by atoms with van der Waals surface area (Å²) in [4.78, 5) is 47.1. The molecule has 10 heteroatoms. The summed E-state index contributed by atoms with van der Waals surface area (Å²) >= 11 is 1.36. The van der Waals surface area contributed by atoms with Crippen LogP contribution in [0.1, 0.15) is 81.4 Å². The standard InChI is InChI=1S/C25H40N4O5S/c1-7-16(4)21(27-22(30)18-10-8-9-11-28(18)5)24(31)29-14-34-20(12-19(29)15(2)3)23-26-17(13-35-23)25(32)33-6/h13,15-16,18-21H,7-12,14H2,1-6H3,(H,27,30)/t16-,18?,19+,20+,21-/m0/s1. The molecule has 1 unspecified atom stereocenters. The molecule has 1 N–H and O–H groups in total. The summed E-state index contributed by atoms with van der Waals surface area (Å²) in [6.45, 7) is 9.23. The normalized spacial score (nSPS) is 25.2. The highest BCUT2D eigenvalue weighted by Gasteiger charge is 2.41. The van der Waals surface area contributed by atoms with Crippen LogP contribution in [0.3, 0.4) is 0 Å². The number of likely N-dealkylation sites (tertiary alicyclic amines) is 1. The van der Waals surface area contributed by atoms with Crippen LogP contribution in [0.25, 0.3) is 0 Å². The predicted octanol–water partition coefficient (Wildman–Crippen LogP) is 3.22. The molecular weight excluding hydrogens is 468 g/mol. The van der Waals surface area contributed by atoms with Gasteiger partial charge < -0.3 is 19.7 Å². The van der Waals surface area contributed by atoms with E-state index < -0.39 is 12.0 Å². The Balaban J connectivity index is 1.75. The number of hydrogen-bond donors (Lipinski definition) is 1. The number of nitrogens with zero attached hydrogens (tertiary/aromatic N) is 3. The first-order valence-electron chi connectivity index (χ1n) is 12.6. The van der Waals surface area contributed by atoms with Gasteiger partial charge in [0.05, 0.1) is 13.2 Å². The summed E-state index contributed by atoms with van der Waals surface area (Å²) in [7, 11) is 3.30. The van der Waals surface area contributed by atoms with Crippen LogP contribution in [0, 0.1) is 11.8 Å². The van der Waals surface area contributed by atoms with Gasteiger partial charge in [-0.15, -0.1) is 11.3 Å². The lowest BCUT2D eigenvalue weighted by molar-refractivity contribution is -0.162. The molecule has 0 spiro atoms. The number of likely N-dealkylation sites (N-methyl/N-ethyl adjacent to an activating group) is 1. The third-order valence-corrected chi connectivity index (χ3v) is 8.30. The van der Waals surface area contributed by atoms with Gasteiger partial charge in [0.2, 0.25) is 11.8 Å². The molecule has 2 saturated heterocycles. The molecule has 2 aliphatic rings. The highest BCUT2D eigenvalue weighted by Crippen LogP contribution is 2.35. The van der Waals surface area contributed by atoms with Gasteiger partial charge >= 0.3 is 5.97 Å². The van der Waals surface area contributed by atoms with E-state index in [1.807, 2.05) is 20.9 Å². The Bertz CT molecular complexity index is 891. The Morgan fingerprint density at radius 2 is 2.03 bits per heavy atom. The van der Waals surface area contributed by atoms with Crippen molar-refractivity contribution in [2.45, 2.75) is 84.0 Å². The number of carbonyl (C=O) groups is 3. The third kappa shape index (κ3) is 6.40. The Labute approximate surface area is 212 Å². The van der Waals surface area contributed by atoms with Crippen LogP contribution in [0.15, 0.2) is 5.38 Å². The van der Waals surface area contributed by atoms with E-state index in [1.54, 1.807) is 10.3 Å². The first-order chi connectivity index (χ1) is 16.7. The van der Waals surface area contributed by atoms with Crippen LogP contribution in [-0.2, 0) is 19.1 Å². The van der Waals surface area contributed by atoms with Crippen molar-refractivity contribution in [2.24, 2.45) is 11.8 Å². The molecule has 2 amide bonds. The number of ether oxygens (including phenoxy) is 2. The Morgan fingerprint density at radius 1 is 1.29 bits per heavy atom. The first kappa shape index (κ1) is 27.5. The molecule has 35 heavy (non-hydrogen) atoms. The van der Waals surface area contributed by atoms with E-state index in [9.17, 15) is 14.4 Å². The summed E-state index contributed by atoms with van der Waals surface area (Å²) in [6, 6.07) is -0.873. The Morgan fingerprint density at radius 3 is 2.66 bits per heavy atom. The zero-order valence-electron chi connectivity index (χ0n) is 21.8. The van der Waals surface area contributed by atoms with Gasteiger partial charge in [0, 0.05) is 17.8 Å². The minimum atomic E-state index is -0.602. The van der Waals surface area contributed by atoms with Crippen molar-refractivity contribution in [3.63, 3.8) is 0 Å². The lowest BCUT2D eigenvalue weighted by Gasteiger charge is -2.43. The molecule has 3 rings (SSSR count). The van der Waals surface area contributed by atoms with Gasteiger partial charge in [0.25, 0.3) is 0 Å². The molecule has 0 aliphatic carbocycles. The van der Waals surface area contributed by atoms with Crippen LogP contribution in [-0.4, -0.2) is 78.1 Å². The average Bonchev–Trinajstić information content (AvgIpc) is 3.36. The van der Waals surface area contributed by atoms with Crippen molar-refractivity contribution < 1.29 is 23.9 Å². The molecular formula is C25H40N4O5S. The average molecular weight is 509 g/mol. The predicted molar refractivity (Wildman–Crippen MR) is 134 cm³/mol. The molecule has 0 bridgehead atoms. The van der Waals surface area contributed by atoms with Crippen molar-refractivity contribution in [3.8, 4) is 0 Å². The van der Waals surface area contributed by atoms with E-state index in [2.05, 4.69) is 29.0 Å². The molecule has 2 fully saturated rings. The summed E-state index contributed by atoms with van der Waals surface area (Å²) in [5, 5.41) is 5.47. The van der Waals surface area contributed by atoms with Gasteiger partial charge in [-0.3, -0.25) is 14.5 Å². The zero-order valence-corrected chi connectivity index (χ0v) is 22.6. The molecule has 2 aliphatic heterocycles. The molecule has 3 heterocycles. The van der Waals surface area contributed by atoms with Crippen LogP contribution in [0.2, 0.25) is 0 Å². The van der Waals surface area contributed by atoms with E-state index >= 15 is 0 Å². The molecule has 196 valence electrons. The topological polar surface area (TPSA) is 101 Å². The van der Waals surface area contributed by atoms with Crippen molar-refractivity contribution in [1.29, 1.82) is 0 Å². The van der Waals surface area contributed by atoms with E-state index in [0.29, 0.717) is 11.4 Å². The molecule has 0 radical (unpaired) electrons. The maximum atomic E-state index is 13.8. The van der Waals surface area contributed by atoms with Gasteiger partial charge in [-0.2, -0.15) is 0 Å². The quantitative estimate of drug-likeness (QED) is 0.538. The molecule has 0 aromatic carbocycles. The highest BCUT2D eigenvalue weighted by molar-refractivity contribution is 7.09. The fraction of sp³-hybridized carbons (Fsp3) is 0.760. The van der Waals surface area contributed by atoms with Crippen molar-refractivity contribution >= 4 is 29.1 Å². The van der Waals surface area contributed by atoms with E-state index in [0.717, 1.165) is 32.2 Å². The van der Waals surface area contributed by atoms with Gasteiger partial charge in [0.1, 0.15) is 23.9 Å². The van der Waals surface area contributed by atoms with Gasteiger partial charge in [-0.05, 0) is 38.3 Å². The summed E-state index contributed by atoms with van der Waals surface area (Å²) in [5.41, 5.74) is 0.267. The number of methoxy groups -OCH3 is 1. The van der Waals surface area contributed by atoms with Gasteiger partial charge in [-0.1, -0.05) is 40.5 Å². The fourth-order valence-electron chi connectivity index (χ4n) is 4.86. The molecule has 5 atom stereocenters.